The Morgan fingerprint density at radius 2 is 1.63 bits per heavy atom. The summed E-state index contributed by atoms with van der Waals surface area (Å²) in [4.78, 5) is 51.4. The Kier molecular flexibility index (Phi) is 12.4. The number of amides is 3. The van der Waals surface area contributed by atoms with Crippen molar-refractivity contribution in [3.8, 4) is 0 Å². The van der Waals surface area contributed by atoms with E-state index in [1.54, 1.807) is 0 Å². The van der Waals surface area contributed by atoms with Gasteiger partial charge in [-0.15, -0.1) is 0 Å². The normalized spacial score (nSPS) is 15.6. The maximum atomic E-state index is 12.3. The summed E-state index contributed by atoms with van der Waals surface area (Å²) in [5, 5.41) is 25.3. The Bertz CT molecular complexity index is 642. The summed E-state index contributed by atoms with van der Waals surface area (Å²) in [6.45, 7) is 2.83. The van der Waals surface area contributed by atoms with Gasteiger partial charge in [0, 0.05) is 12.3 Å². The van der Waals surface area contributed by atoms with Crippen molar-refractivity contribution in [2.75, 3.05) is 12.3 Å². The van der Waals surface area contributed by atoms with Crippen LogP contribution in [0.25, 0.3) is 0 Å². The van der Waals surface area contributed by atoms with Gasteiger partial charge < -0.3 is 43.4 Å². The predicted molar refractivity (Wildman–Crippen MR) is 113 cm³/mol. The number of rotatable bonds is 13. The van der Waals surface area contributed by atoms with Gasteiger partial charge in [0.1, 0.15) is 12.1 Å². The highest BCUT2D eigenvalue weighted by atomic mass is 32.1. The number of nitrogens with two attached hydrogens (primary N) is 3. The molecule has 0 rings (SSSR count). The van der Waals surface area contributed by atoms with Crippen LogP contribution in [0.5, 0.6) is 0 Å². The third-order valence-corrected chi connectivity index (χ3v) is 4.28. The number of carbonyl (C=O) groups excluding carboxylic acids is 3. The molecule has 0 aliphatic carbocycles. The number of nitrogens with one attached hydrogen (secondary N) is 3. The second kappa shape index (κ2) is 13.6. The van der Waals surface area contributed by atoms with Crippen molar-refractivity contribution in [2.24, 2.45) is 22.2 Å². The first kappa shape index (κ1) is 27.4. The average Bonchev–Trinajstić information content (AvgIpc) is 2.65. The minimum atomic E-state index is -1.53. The van der Waals surface area contributed by atoms with Gasteiger partial charge in [-0.05, 0) is 26.7 Å². The number of aliphatic hydroxyl groups is 1. The first-order valence-electron chi connectivity index (χ1n) is 9.14. The monoisotopic (exact) mass is 449 g/mol. The number of aliphatic carboxylic acids is 1. The Morgan fingerprint density at radius 1 is 1.03 bits per heavy atom. The van der Waals surface area contributed by atoms with Crippen molar-refractivity contribution in [3.05, 3.63) is 0 Å². The van der Waals surface area contributed by atoms with Crippen molar-refractivity contribution in [1.29, 1.82) is 0 Å². The standard InChI is InChI=1S/C16H31N7O6S/c1-7(12(25)23-11(8(2)24)15(28)29)21-14(27)10(6-30)22-13(26)9(17)4-3-5-20-16(18)19/h7-11,24,30H,3-6,17H2,1-2H3,(H,21,27)(H,22,26)(H,23,25)(H,28,29)(H4,18,19,20). The van der Waals surface area contributed by atoms with Crippen LogP contribution >= 0.6 is 12.6 Å². The fraction of sp³-hybridized carbons (Fsp3) is 0.688. The van der Waals surface area contributed by atoms with Gasteiger partial charge in [-0.1, -0.05) is 0 Å². The van der Waals surface area contributed by atoms with Crippen molar-refractivity contribution < 1.29 is 29.4 Å². The zero-order valence-corrected chi connectivity index (χ0v) is 17.8. The molecule has 3 amide bonds. The van der Waals surface area contributed by atoms with E-state index in [9.17, 15) is 24.3 Å². The highest BCUT2D eigenvalue weighted by molar-refractivity contribution is 7.80. The van der Waals surface area contributed by atoms with Crippen LogP contribution in [-0.2, 0) is 19.2 Å². The van der Waals surface area contributed by atoms with Gasteiger partial charge in [-0.2, -0.15) is 12.6 Å². The number of aliphatic hydroxyl groups excluding tert-OH is 1. The number of aliphatic imine (C=N–C) groups is 1. The lowest BCUT2D eigenvalue weighted by Crippen LogP contribution is -2.57. The number of carboxylic acids is 1. The minimum absolute atomic E-state index is 0.0684. The van der Waals surface area contributed by atoms with Crippen molar-refractivity contribution in [2.45, 2.75) is 57.0 Å². The van der Waals surface area contributed by atoms with E-state index >= 15 is 0 Å². The Labute approximate surface area is 179 Å². The van der Waals surface area contributed by atoms with Crippen LogP contribution in [0.3, 0.4) is 0 Å². The molecule has 0 saturated carbocycles. The highest BCUT2D eigenvalue weighted by Crippen LogP contribution is 1.99. The third kappa shape index (κ3) is 10.3. The van der Waals surface area contributed by atoms with Gasteiger partial charge in [0.2, 0.25) is 17.7 Å². The van der Waals surface area contributed by atoms with Gasteiger partial charge >= 0.3 is 5.97 Å². The number of hydrogen-bond acceptors (Lipinski definition) is 8. The van der Waals surface area contributed by atoms with E-state index in [2.05, 4.69) is 33.6 Å². The molecule has 5 atom stereocenters. The smallest absolute Gasteiger partial charge is 0.328 e. The fourth-order valence-corrected chi connectivity index (χ4v) is 2.43. The number of thiol groups is 1. The van der Waals surface area contributed by atoms with Gasteiger partial charge in [-0.25, -0.2) is 4.79 Å². The molecule has 0 aromatic carbocycles. The van der Waals surface area contributed by atoms with E-state index in [0.29, 0.717) is 13.0 Å². The summed E-state index contributed by atoms with van der Waals surface area (Å²) >= 11 is 4.02. The maximum absolute atomic E-state index is 12.3. The van der Waals surface area contributed by atoms with Gasteiger partial charge in [-0.3, -0.25) is 19.4 Å². The molecule has 0 aromatic heterocycles. The molecule has 11 N–H and O–H groups in total. The topological polar surface area (TPSA) is 235 Å². The van der Waals surface area contributed by atoms with Crippen LogP contribution in [0, 0.1) is 0 Å². The molecule has 172 valence electrons. The van der Waals surface area contributed by atoms with E-state index in [4.69, 9.17) is 22.3 Å². The molecular weight excluding hydrogens is 418 g/mol. The molecule has 13 nitrogen and oxygen atoms in total. The van der Waals surface area contributed by atoms with E-state index in [1.807, 2.05) is 0 Å². The summed E-state index contributed by atoms with van der Waals surface area (Å²) in [7, 11) is 0. The molecule has 0 aromatic rings. The largest absolute Gasteiger partial charge is 0.480 e. The number of hydrogen-bond donors (Lipinski definition) is 9. The van der Waals surface area contributed by atoms with E-state index < -0.39 is 54.0 Å². The van der Waals surface area contributed by atoms with Crippen LogP contribution in [0.2, 0.25) is 0 Å². The molecule has 0 saturated heterocycles. The lowest BCUT2D eigenvalue weighted by Gasteiger charge is -2.23. The van der Waals surface area contributed by atoms with Crippen LogP contribution in [0.4, 0.5) is 0 Å². The SMILES string of the molecule is CC(NC(=O)C(CS)NC(=O)C(N)CCCN=C(N)N)C(=O)NC(C(=O)O)C(C)O. The molecule has 0 aliphatic heterocycles. The molecule has 0 bridgehead atoms. The molecule has 30 heavy (non-hydrogen) atoms. The predicted octanol–water partition coefficient (Wildman–Crippen LogP) is -3.76. The number of guanidine groups is 1. The zero-order chi connectivity index (χ0) is 23.4. The number of nitrogens with zero attached hydrogens (tertiary/aromatic N) is 1. The third-order valence-electron chi connectivity index (χ3n) is 3.92. The minimum Gasteiger partial charge on any atom is -0.480 e. The molecule has 0 radical (unpaired) electrons. The van der Waals surface area contributed by atoms with Crippen molar-refractivity contribution >= 4 is 42.3 Å². The van der Waals surface area contributed by atoms with E-state index in [-0.39, 0.29) is 18.1 Å². The summed E-state index contributed by atoms with van der Waals surface area (Å²) in [5.74, 6) is -3.69. The number of carboxylic acid groups (broad SMARTS) is 1. The van der Waals surface area contributed by atoms with Crippen molar-refractivity contribution in [1.82, 2.24) is 16.0 Å². The zero-order valence-electron chi connectivity index (χ0n) is 16.9. The second-order valence-electron chi connectivity index (χ2n) is 6.59. The Balaban J connectivity index is 4.71. The van der Waals surface area contributed by atoms with Crippen LogP contribution in [-0.4, -0.2) is 82.4 Å². The molecule has 0 heterocycles. The van der Waals surface area contributed by atoms with Crippen LogP contribution in [0.1, 0.15) is 26.7 Å². The fourth-order valence-electron chi connectivity index (χ4n) is 2.17. The van der Waals surface area contributed by atoms with Crippen LogP contribution < -0.4 is 33.2 Å². The van der Waals surface area contributed by atoms with Gasteiger partial charge in [0.25, 0.3) is 0 Å². The molecule has 0 aliphatic rings. The highest BCUT2D eigenvalue weighted by Gasteiger charge is 2.29. The van der Waals surface area contributed by atoms with E-state index in [0.717, 1.165) is 0 Å². The number of carbonyl (C=O) groups is 4. The van der Waals surface area contributed by atoms with Gasteiger partial charge in [0.05, 0.1) is 12.1 Å². The summed E-state index contributed by atoms with van der Waals surface area (Å²) in [6, 6.07) is -4.65. The molecule has 14 heteroatoms. The summed E-state index contributed by atoms with van der Waals surface area (Å²) in [6.07, 6.45) is -0.611. The quantitative estimate of drug-likeness (QED) is 0.0580. The van der Waals surface area contributed by atoms with Crippen LogP contribution in [0.15, 0.2) is 4.99 Å². The molecular formula is C16H31N7O6S. The summed E-state index contributed by atoms with van der Waals surface area (Å²) in [5.41, 5.74) is 16.2. The average molecular weight is 450 g/mol. The second-order valence-corrected chi connectivity index (χ2v) is 6.96. The molecule has 0 spiro atoms. The first-order chi connectivity index (χ1) is 13.9. The molecule has 5 unspecified atom stereocenters. The Morgan fingerprint density at radius 3 is 2.10 bits per heavy atom. The molecule has 0 fully saturated rings. The lowest BCUT2D eigenvalue weighted by atomic mass is 10.1. The maximum Gasteiger partial charge on any atom is 0.328 e. The Hall–Kier alpha value is -2.58. The summed E-state index contributed by atoms with van der Waals surface area (Å²) < 4.78 is 0. The first-order valence-corrected chi connectivity index (χ1v) is 9.77. The lowest BCUT2D eigenvalue weighted by molar-refractivity contribution is -0.145. The van der Waals surface area contributed by atoms with Crippen molar-refractivity contribution in [3.63, 3.8) is 0 Å². The van der Waals surface area contributed by atoms with Gasteiger partial charge in [0.15, 0.2) is 12.0 Å². The van der Waals surface area contributed by atoms with E-state index in [1.165, 1.54) is 13.8 Å².